The number of aromatic nitrogens is 1. The van der Waals surface area contributed by atoms with E-state index in [0.717, 1.165) is 17.3 Å². The number of aryl methyl sites for hydroxylation is 1. The molecule has 0 amide bonds. The molecule has 0 saturated heterocycles. The van der Waals surface area contributed by atoms with E-state index in [4.69, 9.17) is 0 Å². The molecule has 1 aromatic heterocycles. The second-order valence-electron chi connectivity index (χ2n) is 4.66. The van der Waals surface area contributed by atoms with Crippen molar-refractivity contribution in [3.8, 4) is 0 Å². The Balaban J connectivity index is 1.82. The van der Waals surface area contributed by atoms with E-state index in [0.29, 0.717) is 5.92 Å². The number of aliphatic hydroxyl groups excluding tert-OH is 1. The van der Waals surface area contributed by atoms with Gasteiger partial charge in [-0.1, -0.05) is 12.8 Å². The van der Waals surface area contributed by atoms with Crippen LogP contribution in [-0.2, 0) is 6.42 Å². The molecule has 0 bridgehead atoms. The highest BCUT2D eigenvalue weighted by Crippen LogP contribution is 2.29. The van der Waals surface area contributed by atoms with Crippen LogP contribution in [0.2, 0.25) is 0 Å². The molecule has 3 heteroatoms. The normalized spacial score (nSPS) is 18.9. The molecule has 0 spiro atoms. The summed E-state index contributed by atoms with van der Waals surface area (Å²) in [4.78, 5) is 4.13. The van der Waals surface area contributed by atoms with Crippen LogP contribution in [0.15, 0.2) is 22.9 Å². The lowest BCUT2D eigenvalue weighted by molar-refractivity contribution is 0.102. The fourth-order valence-electron chi connectivity index (χ4n) is 2.48. The topological polar surface area (TPSA) is 33.1 Å². The van der Waals surface area contributed by atoms with Crippen LogP contribution in [0.5, 0.6) is 0 Å². The van der Waals surface area contributed by atoms with Gasteiger partial charge < -0.3 is 5.11 Å². The van der Waals surface area contributed by atoms with E-state index in [9.17, 15) is 5.11 Å². The minimum absolute atomic E-state index is 0.124. The van der Waals surface area contributed by atoms with Crippen LogP contribution in [0.25, 0.3) is 0 Å². The van der Waals surface area contributed by atoms with Crippen molar-refractivity contribution in [2.75, 3.05) is 0 Å². The first-order valence-corrected chi connectivity index (χ1v) is 6.82. The summed E-state index contributed by atoms with van der Waals surface area (Å²) in [6.45, 7) is 0. The predicted octanol–water partition coefficient (Wildman–Crippen LogP) is 3.33. The first-order valence-electron chi connectivity index (χ1n) is 6.03. The van der Waals surface area contributed by atoms with Gasteiger partial charge >= 0.3 is 0 Å². The fourth-order valence-corrected chi connectivity index (χ4v) is 2.90. The molecule has 1 N–H and O–H groups in total. The zero-order chi connectivity index (χ0) is 11.4. The Hall–Kier alpha value is -0.410. The first kappa shape index (κ1) is 12.1. The van der Waals surface area contributed by atoms with Gasteiger partial charge in [0.2, 0.25) is 0 Å². The minimum atomic E-state index is -0.124. The second-order valence-corrected chi connectivity index (χ2v) is 5.58. The SMILES string of the molecule is OC(CCc1cncc(Br)c1)C1CCCC1. The van der Waals surface area contributed by atoms with Crippen LogP contribution >= 0.6 is 15.9 Å². The molecule has 0 aliphatic heterocycles. The van der Waals surface area contributed by atoms with E-state index in [2.05, 4.69) is 27.0 Å². The Labute approximate surface area is 105 Å². The van der Waals surface area contributed by atoms with E-state index in [1.807, 2.05) is 6.20 Å². The highest BCUT2D eigenvalue weighted by atomic mass is 79.9. The summed E-state index contributed by atoms with van der Waals surface area (Å²) in [5, 5.41) is 10.0. The highest BCUT2D eigenvalue weighted by molar-refractivity contribution is 9.10. The summed E-state index contributed by atoms with van der Waals surface area (Å²) in [5.74, 6) is 0.542. The third kappa shape index (κ3) is 3.29. The fraction of sp³-hybridized carbons (Fsp3) is 0.615. The summed E-state index contributed by atoms with van der Waals surface area (Å²) in [5.41, 5.74) is 1.20. The summed E-state index contributed by atoms with van der Waals surface area (Å²) in [6, 6.07) is 2.08. The molecule has 2 rings (SSSR count). The lowest BCUT2D eigenvalue weighted by Gasteiger charge is -2.17. The van der Waals surface area contributed by atoms with Crippen LogP contribution in [0.4, 0.5) is 0 Å². The lowest BCUT2D eigenvalue weighted by atomic mass is 9.95. The number of nitrogens with zero attached hydrogens (tertiary/aromatic N) is 1. The predicted molar refractivity (Wildman–Crippen MR) is 68.2 cm³/mol. The monoisotopic (exact) mass is 283 g/mol. The van der Waals surface area contributed by atoms with Crippen molar-refractivity contribution in [1.29, 1.82) is 0 Å². The number of pyridine rings is 1. The quantitative estimate of drug-likeness (QED) is 0.920. The minimum Gasteiger partial charge on any atom is -0.393 e. The maximum Gasteiger partial charge on any atom is 0.0571 e. The van der Waals surface area contributed by atoms with Crippen molar-refractivity contribution in [3.63, 3.8) is 0 Å². The third-order valence-electron chi connectivity index (χ3n) is 3.43. The smallest absolute Gasteiger partial charge is 0.0571 e. The zero-order valence-corrected chi connectivity index (χ0v) is 11.0. The molecule has 1 atom stereocenters. The Morgan fingerprint density at radius 3 is 2.81 bits per heavy atom. The molecule has 1 unspecified atom stereocenters. The molecule has 1 aliphatic rings. The Bertz CT molecular complexity index is 336. The van der Waals surface area contributed by atoms with Crippen molar-refractivity contribution < 1.29 is 5.11 Å². The van der Waals surface area contributed by atoms with Gasteiger partial charge in [0.15, 0.2) is 0 Å². The molecule has 2 nitrogen and oxygen atoms in total. The van der Waals surface area contributed by atoms with E-state index >= 15 is 0 Å². The number of aliphatic hydroxyl groups is 1. The van der Waals surface area contributed by atoms with Crippen LogP contribution in [0.1, 0.15) is 37.7 Å². The Kier molecular flexibility index (Phi) is 4.36. The molecule has 1 saturated carbocycles. The van der Waals surface area contributed by atoms with Crippen molar-refractivity contribution >= 4 is 15.9 Å². The van der Waals surface area contributed by atoms with E-state index in [1.165, 1.54) is 31.2 Å². The molecular formula is C13H18BrNO. The van der Waals surface area contributed by atoms with Gasteiger partial charge in [0.05, 0.1) is 6.10 Å². The van der Waals surface area contributed by atoms with Crippen molar-refractivity contribution in [2.45, 2.75) is 44.6 Å². The van der Waals surface area contributed by atoms with E-state index < -0.39 is 0 Å². The molecule has 16 heavy (non-hydrogen) atoms. The van der Waals surface area contributed by atoms with Crippen LogP contribution < -0.4 is 0 Å². The van der Waals surface area contributed by atoms with Crippen LogP contribution in [0, 0.1) is 5.92 Å². The molecule has 1 fully saturated rings. The van der Waals surface area contributed by atoms with Crippen molar-refractivity contribution in [2.24, 2.45) is 5.92 Å². The van der Waals surface area contributed by atoms with Gasteiger partial charge in [-0.05, 0) is 59.2 Å². The Morgan fingerprint density at radius 1 is 1.38 bits per heavy atom. The number of halogens is 1. The van der Waals surface area contributed by atoms with E-state index in [1.54, 1.807) is 6.20 Å². The first-order chi connectivity index (χ1) is 7.75. The molecule has 1 aliphatic carbocycles. The van der Waals surface area contributed by atoms with Crippen molar-refractivity contribution in [1.82, 2.24) is 4.98 Å². The lowest BCUT2D eigenvalue weighted by Crippen LogP contribution is -2.18. The third-order valence-corrected chi connectivity index (χ3v) is 3.87. The standard InChI is InChI=1S/C13H18BrNO/c14-12-7-10(8-15-9-12)5-6-13(16)11-3-1-2-4-11/h7-9,11,13,16H,1-6H2. The van der Waals surface area contributed by atoms with Crippen molar-refractivity contribution in [3.05, 3.63) is 28.5 Å². The summed E-state index contributed by atoms with van der Waals surface area (Å²) >= 11 is 3.41. The maximum atomic E-state index is 10.0. The summed E-state index contributed by atoms with van der Waals surface area (Å²) in [6.07, 6.45) is 10.3. The summed E-state index contributed by atoms with van der Waals surface area (Å²) in [7, 11) is 0. The average Bonchev–Trinajstić information content (AvgIpc) is 2.79. The molecular weight excluding hydrogens is 266 g/mol. The Morgan fingerprint density at radius 2 is 2.12 bits per heavy atom. The molecule has 1 aromatic rings. The van der Waals surface area contributed by atoms with Gasteiger partial charge in [-0.25, -0.2) is 0 Å². The number of hydrogen-bond acceptors (Lipinski definition) is 2. The van der Waals surface area contributed by atoms with Gasteiger partial charge in [0, 0.05) is 16.9 Å². The average molecular weight is 284 g/mol. The molecule has 0 radical (unpaired) electrons. The molecule has 1 heterocycles. The summed E-state index contributed by atoms with van der Waals surface area (Å²) < 4.78 is 1.01. The zero-order valence-electron chi connectivity index (χ0n) is 9.40. The van der Waals surface area contributed by atoms with Gasteiger partial charge in [0.25, 0.3) is 0 Å². The van der Waals surface area contributed by atoms with Gasteiger partial charge in [-0.3, -0.25) is 4.98 Å². The molecule has 0 aromatic carbocycles. The van der Waals surface area contributed by atoms with Gasteiger partial charge in [0.1, 0.15) is 0 Å². The molecule has 88 valence electrons. The maximum absolute atomic E-state index is 10.0. The van der Waals surface area contributed by atoms with Gasteiger partial charge in [-0.2, -0.15) is 0 Å². The number of hydrogen-bond donors (Lipinski definition) is 1. The highest BCUT2D eigenvalue weighted by Gasteiger charge is 2.22. The van der Waals surface area contributed by atoms with Gasteiger partial charge in [-0.15, -0.1) is 0 Å². The van der Waals surface area contributed by atoms with Crippen LogP contribution in [0.3, 0.4) is 0 Å². The number of rotatable bonds is 4. The largest absolute Gasteiger partial charge is 0.393 e. The second kappa shape index (κ2) is 5.78. The van der Waals surface area contributed by atoms with E-state index in [-0.39, 0.29) is 6.10 Å². The van der Waals surface area contributed by atoms with Crippen LogP contribution in [-0.4, -0.2) is 16.2 Å².